The number of benzene rings is 2. The van der Waals surface area contributed by atoms with Gasteiger partial charge in [-0.05, 0) is 75.2 Å². The smallest absolute Gasteiger partial charge is 0.309 e. The number of amides is 1. The molecule has 34 heavy (non-hydrogen) atoms. The molecule has 2 aromatic rings. The molecule has 9 nitrogen and oxygen atoms in total. The van der Waals surface area contributed by atoms with Crippen molar-refractivity contribution in [2.75, 3.05) is 25.0 Å². The molecule has 0 spiro atoms. The van der Waals surface area contributed by atoms with Crippen LogP contribution in [0.2, 0.25) is 0 Å². The molecule has 1 aliphatic heterocycles. The third-order valence-electron chi connectivity index (χ3n) is 5.50. The average Bonchev–Trinajstić information content (AvgIpc) is 2.85. The summed E-state index contributed by atoms with van der Waals surface area (Å²) in [5.41, 5.74) is 0.952. The number of nitriles is 1. The summed E-state index contributed by atoms with van der Waals surface area (Å²) in [5, 5.41) is 11.5. The van der Waals surface area contributed by atoms with E-state index in [1.807, 2.05) is 13.0 Å². The van der Waals surface area contributed by atoms with E-state index in [1.54, 1.807) is 36.4 Å². The van der Waals surface area contributed by atoms with Crippen molar-refractivity contribution in [3.05, 3.63) is 54.1 Å². The summed E-state index contributed by atoms with van der Waals surface area (Å²) < 4.78 is 37.9. The summed E-state index contributed by atoms with van der Waals surface area (Å²) in [6.07, 6.45) is -0.410. The van der Waals surface area contributed by atoms with Crippen molar-refractivity contribution < 1.29 is 27.5 Å². The van der Waals surface area contributed by atoms with Crippen LogP contribution in [-0.2, 0) is 24.3 Å². The third kappa shape index (κ3) is 6.12. The molecule has 1 saturated heterocycles. The highest BCUT2D eigenvalue weighted by atomic mass is 32.2. The molecule has 0 bridgehead atoms. The van der Waals surface area contributed by atoms with Gasteiger partial charge in [0, 0.05) is 18.8 Å². The molecular weight excluding hydrogens is 458 g/mol. The molecule has 1 amide bonds. The first kappa shape index (κ1) is 25.2. The zero-order valence-electron chi connectivity index (χ0n) is 19.1. The maximum absolute atomic E-state index is 12.9. The van der Waals surface area contributed by atoms with Gasteiger partial charge >= 0.3 is 5.97 Å². The van der Waals surface area contributed by atoms with Crippen LogP contribution in [0.25, 0.3) is 0 Å². The van der Waals surface area contributed by atoms with Crippen molar-refractivity contribution in [3.8, 4) is 11.8 Å². The fourth-order valence-electron chi connectivity index (χ4n) is 3.55. The Morgan fingerprint density at radius 2 is 1.74 bits per heavy atom. The van der Waals surface area contributed by atoms with Crippen molar-refractivity contribution in [1.29, 1.82) is 5.26 Å². The predicted molar refractivity (Wildman–Crippen MR) is 124 cm³/mol. The molecule has 3 rings (SSSR count). The second-order valence-electron chi connectivity index (χ2n) is 7.84. The van der Waals surface area contributed by atoms with E-state index in [2.05, 4.69) is 5.32 Å². The summed E-state index contributed by atoms with van der Waals surface area (Å²) >= 11 is 0. The second kappa shape index (κ2) is 11.1. The number of anilines is 1. The van der Waals surface area contributed by atoms with Gasteiger partial charge in [0.05, 0.1) is 29.1 Å². The predicted octanol–water partition coefficient (Wildman–Crippen LogP) is 2.93. The number of ether oxygens (including phenoxy) is 2. The Labute approximate surface area is 199 Å². The largest absolute Gasteiger partial charge is 0.494 e. The number of hydrogen-bond acceptors (Lipinski definition) is 7. The first-order chi connectivity index (χ1) is 16.2. The maximum Gasteiger partial charge on any atom is 0.309 e. The number of carbonyl (C=O) groups is 2. The van der Waals surface area contributed by atoms with Gasteiger partial charge in [-0.15, -0.1) is 0 Å². The zero-order valence-corrected chi connectivity index (χ0v) is 19.9. The van der Waals surface area contributed by atoms with Gasteiger partial charge in [-0.3, -0.25) is 9.59 Å². The summed E-state index contributed by atoms with van der Waals surface area (Å²) in [7, 11) is -3.68. The number of nitrogens with one attached hydrogen (secondary N) is 1. The molecule has 180 valence electrons. The van der Waals surface area contributed by atoms with Crippen molar-refractivity contribution in [1.82, 2.24) is 4.31 Å². The number of piperidine rings is 1. The first-order valence-electron chi connectivity index (χ1n) is 11.0. The standard InChI is InChI=1S/C24H27N3O6S/c1-3-32-21-8-10-22(11-9-21)34(30,31)27-14-12-19(13-15-27)24(29)33-17(2)23(28)26-20-6-4-18(16-25)5-7-20/h4-11,17,19H,3,12-15H2,1-2H3,(H,26,28). The average molecular weight is 486 g/mol. The minimum absolute atomic E-state index is 0.171. The number of carbonyl (C=O) groups excluding carboxylic acids is 2. The minimum atomic E-state index is -3.68. The highest BCUT2D eigenvalue weighted by molar-refractivity contribution is 7.89. The monoisotopic (exact) mass is 485 g/mol. The number of hydrogen-bond donors (Lipinski definition) is 1. The van der Waals surface area contributed by atoms with Crippen molar-refractivity contribution >= 4 is 27.6 Å². The Balaban J connectivity index is 1.51. The van der Waals surface area contributed by atoms with Crippen molar-refractivity contribution in [2.24, 2.45) is 5.92 Å². The lowest BCUT2D eigenvalue weighted by Crippen LogP contribution is -2.41. The van der Waals surface area contributed by atoms with Crippen LogP contribution in [0.3, 0.4) is 0 Å². The van der Waals surface area contributed by atoms with Crippen LogP contribution in [0.5, 0.6) is 5.75 Å². The van der Waals surface area contributed by atoms with E-state index < -0.39 is 33.9 Å². The molecule has 1 atom stereocenters. The Morgan fingerprint density at radius 3 is 2.29 bits per heavy atom. The fourth-order valence-corrected chi connectivity index (χ4v) is 5.02. The van der Waals surface area contributed by atoms with E-state index in [4.69, 9.17) is 14.7 Å². The van der Waals surface area contributed by atoms with E-state index in [-0.39, 0.29) is 18.0 Å². The highest BCUT2D eigenvalue weighted by Crippen LogP contribution is 2.26. The Kier molecular flexibility index (Phi) is 8.26. The van der Waals surface area contributed by atoms with Crippen LogP contribution >= 0.6 is 0 Å². The van der Waals surface area contributed by atoms with E-state index in [0.717, 1.165) is 0 Å². The molecule has 1 N–H and O–H groups in total. The third-order valence-corrected chi connectivity index (χ3v) is 7.42. The normalized spacial score (nSPS) is 15.7. The number of nitrogens with zero attached hydrogens (tertiary/aromatic N) is 2. The van der Waals surface area contributed by atoms with Gasteiger partial charge in [0.15, 0.2) is 6.10 Å². The molecule has 10 heteroatoms. The molecule has 1 fully saturated rings. The summed E-state index contributed by atoms with van der Waals surface area (Å²) in [4.78, 5) is 25.1. The molecule has 1 unspecified atom stereocenters. The quantitative estimate of drug-likeness (QED) is 0.570. The van der Waals surface area contributed by atoms with Gasteiger partial charge in [0.1, 0.15) is 5.75 Å². The van der Waals surface area contributed by atoms with Gasteiger partial charge in [-0.2, -0.15) is 9.57 Å². The molecular formula is C24H27N3O6S. The molecule has 0 aliphatic carbocycles. The Morgan fingerprint density at radius 1 is 1.12 bits per heavy atom. The second-order valence-corrected chi connectivity index (χ2v) is 9.78. The lowest BCUT2D eigenvalue weighted by atomic mass is 9.98. The van der Waals surface area contributed by atoms with Crippen molar-refractivity contribution in [3.63, 3.8) is 0 Å². The number of esters is 1. The molecule has 1 heterocycles. The molecule has 0 aromatic heterocycles. The van der Waals surface area contributed by atoms with Gasteiger partial charge < -0.3 is 14.8 Å². The number of rotatable bonds is 8. The van der Waals surface area contributed by atoms with Crippen LogP contribution in [0.15, 0.2) is 53.4 Å². The Hall–Kier alpha value is -3.42. The lowest BCUT2D eigenvalue weighted by molar-refractivity contribution is -0.158. The van der Waals surface area contributed by atoms with Crippen LogP contribution in [0, 0.1) is 17.2 Å². The van der Waals surface area contributed by atoms with Crippen LogP contribution in [0.1, 0.15) is 32.3 Å². The van der Waals surface area contributed by atoms with Gasteiger partial charge in [0.2, 0.25) is 10.0 Å². The zero-order chi connectivity index (χ0) is 24.7. The SMILES string of the molecule is CCOc1ccc(S(=O)(=O)N2CCC(C(=O)OC(C)C(=O)Nc3ccc(C#N)cc3)CC2)cc1. The fraction of sp³-hybridized carbons (Fsp3) is 0.375. The van der Waals surface area contributed by atoms with Gasteiger partial charge in [0.25, 0.3) is 5.91 Å². The van der Waals surface area contributed by atoms with E-state index in [9.17, 15) is 18.0 Å². The van der Waals surface area contributed by atoms with Gasteiger partial charge in [-0.1, -0.05) is 0 Å². The van der Waals surface area contributed by atoms with Crippen LogP contribution in [0.4, 0.5) is 5.69 Å². The molecule has 2 aromatic carbocycles. The summed E-state index contributed by atoms with van der Waals surface area (Å²) in [6.45, 7) is 4.18. The summed E-state index contributed by atoms with van der Waals surface area (Å²) in [5.74, 6) is -0.911. The van der Waals surface area contributed by atoms with Gasteiger partial charge in [-0.25, -0.2) is 8.42 Å². The lowest BCUT2D eigenvalue weighted by Gasteiger charge is -2.30. The van der Waals surface area contributed by atoms with E-state index >= 15 is 0 Å². The molecule has 0 saturated carbocycles. The highest BCUT2D eigenvalue weighted by Gasteiger charge is 2.34. The molecule has 1 aliphatic rings. The van der Waals surface area contributed by atoms with E-state index in [0.29, 0.717) is 36.4 Å². The topological polar surface area (TPSA) is 126 Å². The minimum Gasteiger partial charge on any atom is -0.494 e. The van der Waals surface area contributed by atoms with E-state index in [1.165, 1.54) is 23.4 Å². The first-order valence-corrected chi connectivity index (χ1v) is 12.4. The number of sulfonamides is 1. The Bertz CT molecular complexity index is 1150. The maximum atomic E-state index is 12.9. The van der Waals surface area contributed by atoms with Crippen LogP contribution in [-0.4, -0.2) is 50.4 Å². The molecule has 0 radical (unpaired) electrons. The van der Waals surface area contributed by atoms with Crippen LogP contribution < -0.4 is 10.1 Å². The van der Waals surface area contributed by atoms with Crippen molar-refractivity contribution in [2.45, 2.75) is 37.7 Å². The summed E-state index contributed by atoms with van der Waals surface area (Å²) in [6, 6.07) is 14.6.